The van der Waals surface area contributed by atoms with E-state index in [9.17, 15) is 9.59 Å². The Labute approximate surface area is 317 Å². The summed E-state index contributed by atoms with van der Waals surface area (Å²) >= 11 is 0. The summed E-state index contributed by atoms with van der Waals surface area (Å²) in [5.41, 5.74) is 8.75. The van der Waals surface area contributed by atoms with E-state index in [4.69, 9.17) is 9.51 Å². The largest absolute Gasteiger partial charge is 0.339 e. The number of nitrogens with one attached hydrogen (secondary N) is 2. The molecule has 0 bridgehead atoms. The number of hydrogen-bond acceptors (Lipinski definition) is 10. The summed E-state index contributed by atoms with van der Waals surface area (Å²) in [6.07, 6.45) is 7.00. The molecular formula is C42H53N9O3. The summed E-state index contributed by atoms with van der Waals surface area (Å²) in [5, 5.41) is 14.7. The van der Waals surface area contributed by atoms with Crippen molar-refractivity contribution < 1.29 is 14.1 Å². The van der Waals surface area contributed by atoms with E-state index < -0.39 is 0 Å². The van der Waals surface area contributed by atoms with Crippen molar-refractivity contribution in [2.45, 2.75) is 96.7 Å². The molecule has 0 spiro atoms. The number of carbonyl (C=O) groups is 2. The summed E-state index contributed by atoms with van der Waals surface area (Å²) in [6.45, 7) is 16.1. The van der Waals surface area contributed by atoms with Gasteiger partial charge in [-0.3, -0.25) is 14.9 Å². The lowest BCUT2D eigenvalue weighted by Crippen LogP contribution is -2.39. The second-order valence-electron chi connectivity index (χ2n) is 16.3. The molecule has 2 aromatic carbocycles. The Kier molecular flexibility index (Phi) is 11.1. The molecule has 2 aliphatic heterocycles. The van der Waals surface area contributed by atoms with E-state index in [-0.39, 0.29) is 29.2 Å². The highest BCUT2D eigenvalue weighted by atomic mass is 16.5. The van der Waals surface area contributed by atoms with Gasteiger partial charge in [0.2, 0.25) is 17.7 Å². The molecule has 5 aromatic rings. The first-order chi connectivity index (χ1) is 25.9. The molecule has 284 valence electrons. The van der Waals surface area contributed by atoms with Gasteiger partial charge in [0, 0.05) is 49.8 Å². The fourth-order valence-electron chi connectivity index (χ4n) is 7.61. The zero-order valence-corrected chi connectivity index (χ0v) is 32.4. The van der Waals surface area contributed by atoms with Gasteiger partial charge in [-0.05, 0) is 99.1 Å². The van der Waals surface area contributed by atoms with E-state index in [0.29, 0.717) is 37.0 Å². The minimum atomic E-state index is -0.228. The maximum atomic E-state index is 12.3. The van der Waals surface area contributed by atoms with Crippen LogP contribution in [0.4, 0.5) is 0 Å². The van der Waals surface area contributed by atoms with Crippen LogP contribution in [0.2, 0.25) is 0 Å². The molecule has 54 heavy (non-hydrogen) atoms. The Morgan fingerprint density at radius 2 is 1.80 bits per heavy atom. The summed E-state index contributed by atoms with van der Waals surface area (Å²) < 4.78 is 7.43. The number of piperidine rings is 2. The first-order valence-corrected chi connectivity index (χ1v) is 19.3. The number of rotatable bonds is 12. The van der Waals surface area contributed by atoms with Gasteiger partial charge in [0.1, 0.15) is 6.33 Å². The Morgan fingerprint density at radius 1 is 1.04 bits per heavy atom. The van der Waals surface area contributed by atoms with Crippen LogP contribution in [-0.4, -0.2) is 79.6 Å². The molecule has 5 heterocycles. The number of aryl methyl sites for hydroxylation is 1. The number of benzene rings is 2. The lowest BCUT2D eigenvalue weighted by Gasteiger charge is -2.33. The van der Waals surface area contributed by atoms with Crippen LogP contribution in [0.3, 0.4) is 0 Å². The zero-order valence-electron chi connectivity index (χ0n) is 32.4. The van der Waals surface area contributed by atoms with E-state index in [1.807, 2.05) is 4.52 Å². The summed E-state index contributed by atoms with van der Waals surface area (Å²) in [6, 6.07) is 17.2. The second-order valence-corrected chi connectivity index (χ2v) is 16.3. The van der Waals surface area contributed by atoms with Gasteiger partial charge in [0.05, 0.1) is 23.2 Å². The van der Waals surface area contributed by atoms with Crippen molar-refractivity contribution >= 4 is 17.3 Å². The average Bonchev–Trinajstić information content (AvgIpc) is 3.82. The summed E-state index contributed by atoms with van der Waals surface area (Å²) in [4.78, 5) is 38.1. The number of carbonyl (C=O) groups excluding carboxylic acids is 2. The molecule has 7 rings (SSSR count). The van der Waals surface area contributed by atoms with E-state index in [1.165, 1.54) is 22.3 Å². The van der Waals surface area contributed by atoms with Crippen molar-refractivity contribution in [2.75, 3.05) is 33.2 Å². The molecule has 2 atom stereocenters. The van der Waals surface area contributed by atoms with Crippen molar-refractivity contribution in [2.24, 2.45) is 0 Å². The Morgan fingerprint density at radius 3 is 2.50 bits per heavy atom. The third-order valence-corrected chi connectivity index (χ3v) is 11.0. The van der Waals surface area contributed by atoms with Crippen LogP contribution < -0.4 is 10.6 Å². The van der Waals surface area contributed by atoms with Gasteiger partial charge in [-0.25, -0.2) is 9.50 Å². The second kappa shape index (κ2) is 15.9. The van der Waals surface area contributed by atoms with Crippen molar-refractivity contribution in [3.63, 3.8) is 0 Å². The molecule has 2 saturated heterocycles. The summed E-state index contributed by atoms with van der Waals surface area (Å²) in [5.74, 6) is 1.27. The van der Waals surface area contributed by atoms with Gasteiger partial charge in [0.25, 0.3) is 0 Å². The standard InChI is InChI=1S/C42H53N9O3/c1-27-21-33(11-12-34(27)23-43-28(2)39-47-41(54-48-39)42(3,4)5)38-36-22-29(25-51(36)45-26-44-38)24-49(6)19-20-50-17-15-31(16-18-50)30-7-9-32(10-8-30)35-13-14-37(52)46-40(35)53/h7-12,21-22,25-26,28,31,35,43H,13-20,23-24H2,1-6H3,(H,46,52,53). The molecule has 0 saturated carbocycles. The number of hydrogen-bond donors (Lipinski definition) is 2. The van der Waals surface area contributed by atoms with Crippen LogP contribution in [0, 0.1) is 6.92 Å². The highest BCUT2D eigenvalue weighted by molar-refractivity contribution is 6.00. The number of likely N-dealkylation sites (tertiary alicyclic amines) is 1. The number of imide groups is 1. The SMILES string of the molecule is Cc1cc(-c2ncnn3cc(CN(C)CCN4CCC(c5ccc(C6CCC(=O)NC6=O)cc5)CC4)cc23)ccc1CNC(C)c1noc(C(C)(C)C)n1. The Balaban J connectivity index is 0.896. The molecule has 3 aromatic heterocycles. The van der Waals surface area contributed by atoms with Gasteiger partial charge in [0.15, 0.2) is 5.82 Å². The first-order valence-electron chi connectivity index (χ1n) is 19.3. The van der Waals surface area contributed by atoms with Crippen LogP contribution in [0.5, 0.6) is 0 Å². The molecule has 12 nitrogen and oxygen atoms in total. The topological polar surface area (TPSA) is 134 Å². The van der Waals surface area contributed by atoms with Crippen LogP contribution in [-0.2, 0) is 28.1 Å². The Hall–Kier alpha value is -4.78. The van der Waals surface area contributed by atoms with Crippen molar-refractivity contribution in [1.82, 2.24) is 45.2 Å². The molecule has 0 radical (unpaired) electrons. The number of amides is 2. The summed E-state index contributed by atoms with van der Waals surface area (Å²) in [7, 11) is 2.19. The smallest absolute Gasteiger partial charge is 0.234 e. The van der Waals surface area contributed by atoms with Crippen molar-refractivity contribution in [1.29, 1.82) is 0 Å². The van der Waals surface area contributed by atoms with Crippen LogP contribution >= 0.6 is 0 Å². The number of aromatic nitrogens is 5. The first kappa shape index (κ1) is 37.5. The van der Waals surface area contributed by atoms with E-state index >= 15 is 0 Å². The fourth-order valence-corrected chi connectivity index (χ4v) is 7.61. The van der Waals surface area contributed by atoms with Crippen LogP contribution in [0.25, 0.3) is 16.8 Å². The predicted octanol–water partition coefficient (Wildman–Crippen LogP) is 6.07. The van der Waals surface area contributed by atoms with E-state index in [1.54, 1.807) is 6.33 Å². The molecule has 2 aliphatic rings. The van der Waals surface area contributed by atoms with Crippen LogP contribution in [0.15, 0.2) is 65.6 Å². The van der Waals surface area contributed by atoms with Crippen molar-refractivity contribution in [3.05, 3.63) is 101 Å². The molecule has 2 fully saturated rings. The normalized spacial score (nSPS) is 18.1. The number of nitrogens with zero attached hydrogens (tertiary/aromatic N) is 7. The van der Waals surface area contributed by atoms with E-state index in [2.05, 4.69) is 132 Å². The monoisotopic (exact) mass is 731 g/mol. The minimum absolute atomic E-state index is 0.0418. The third kappa shape index (κ3) is 8.61. The molecule has 0 aliphatic carbocycles. The maximum Gasteiger partial charge on any atom is 0.234 e. The predicted molar refractivity (Wildman–Crippen MR) is 208 cm³/mol. The van der Waals surface area contributed by atoms with Gasteiger partial charge in [-0.15, -0.1) is 0 Å². The number of likely N-dealkylation sites (N-methyl/N-ethyl adjacent to an activating group) is 1. The Bertz CT molecular complexity index is 2090. The molecule has 2 amide bonds. The molecule has 2 N–H and O–H groups in total. The minimum Gasteiger partial charge on any atom is -0.339 e. The zero-order chi connectivity index (χ0) is 38.0. The highest BCUT2D eigenvalue weighted by Gasteiger charge is 2.29. The van der Waals surface area contributed by atoms with Crippen molar-refractivity contribution in [3.8, 4) is 11.3 Å². The third-order valence-electron chi connectivity index (χ3n) is 11.0. The van der Waals surface area contributed by atoms with Gasteiger partial charge < -0.3 is 19.6 Å². The van der Waals surface area contributed by atoms with Crippen LogP contribution in [0.1, 0.15) is 111 Å². The lowest BCUT2D eigenvalue weighted by molar-refractivity contribution is -0.134. The van der Waals surface area contributed by atoms with Gasteiger partial charge >= 0.3 is 0 Å². The molecular weight excluding hydrogens is 679 g/mol. The molecule has 12 heteroatoms. The molecule has 2 unspecified atom stereocenters. The highest BCUT2D eigenvalue weighted by Crippen LogP contribution is 2.31. The van der Waals surface area contributed by atoms with E-state index in [0.717, 1.165) is 67.9 Å². The fraction of sp³-hybridized carbons (Fsp3) is 0.476. The maximum absolute atomic E-state index is 12.3. The van der Waals surface area contributed by atoms with Gasteiger partial charge in [-0.1, -0.05) is 62.3 Å². The quantitative estimate of drug-likeness (QED) is 0.146. The van der Waals surface area contributed by atoms with Gasteiger partial charge in [-0.2, -0.15) is 10.1 Å². The average molecular weight is 732 g/mol. The number of fused-ring (bicyclic) bond motifs is 1. The lowest BCUT2D eigenvalue weighted by atomic mass is 9.86.